The lowest BCUT2D eigenvalue weighted by atomic mass is 10.1. The molecule has 0 radical (unpaired) electrons. The molecule has 2 heterocycles. The maximum atomic E-state index is 11.9. The third-order valence-corrected chi connectivity index (χ3v) is 3.39. The first kappa shape index (κ1) is 14.2. The summed E-state index contributed by atoms with van der Waals surface area (Å²) in [6.45, 7) is 5.79. The molecule has 1 amide bonds. The van der Waals surface area contributed by atoms with Crippen LogP contribution < -0.4 is 5.32 Å². The Morgan fingerprint density at radius 2 is 2.20 bits per heavy atom. The summed E-state index contributed by atoms with van der Waals surface area (Å²) in [6.07, 6.45) is 1.09. The molecule has 2 aromatic rings. The van der Waals surface area contributed by atoms with E-state index in [4.69, 9.17) is 0 Å². The lowest BCUT2D eigenvalue weighted by molar-refractivity contribution is -0.121. The summed E-state index contributed by atoms with van der Waals surface area (Å²) in [5.41, 5.74) is 3.21. The van der Waals surface area contributed by atoms with Gasteiger partial charge in [-0.15, -0.1) is 10.2 Å². The van der Waals surface area contributed by atoms with Crippen molar-refractivity contribution in [1.82, 2.24) is 35.7 Å². The topological polar surface area (TPSA) is 101 Å². The first-order valence-corrected chi connectivity index (χ1v) is 6.50. The van der Waals surface area contributed by atoms with Crippen molar-refractivity contribution in [2.45, 2.75) is 39.7 Å². The zero-order chi connectivity index (χ0) is 14.7. The summed E-state index contributed by atoms with van der Waals surface area (Å²) in [7, 11) is 1.91. The molecular weight excluding hydrogens is 258 g/mol. The number of nitrogens with zero attached hydrogens (tertiary/aromatic N) is 5. The Balaban J connectivity index is 1.89. The van der Waals surface area contributed by atoms with E-state index in [9.17, 15) is 4.79 Å². The third-order valence-electron chi connectivity index (χ3n) is 3.39. The van der Waals surface area contributed by atoms with Gasteiger partial charge in [0.15, 0.2) is 5.82 Å². The van der Waals surface area contributed by atoms with Crippen LogP contribution in [0.5, 0.6) is 0 Å². The standard InChI is InChI=1S/C12H19N7O/c1-7-10(9(3)19(4)16-7)5-6-11(20)13-8(2)12-14-17-18-15-12/h8H,5-6H2,1-4H3,(H,13,20)(H,14,15,17,18). The van der Waals surface area contributed by atoms with Gasteiger partial charge in [-0.25, -0.2) is 0 Å². The Kier molecular flexibility index (Phi) is 4.11. The molecule has 8 heteroatoms. The van der Waals surface area contributed by atoms with Crippen LogP contribution in [-0.2, 0) is 18.3 Å². The number of aromatic amines is 1. The molecule has 2 N–H and O–H groups in total. The molecule has 0 spiro atoms. The highest BCUT2D eigenvalue weighted by Gasteiger charge is 2.15. The normalized spacial score (nSPS) is 12.4. The van der Waals surface area contributed by atoms with Gasteiger partial charge < -0.3 is 5.32 Å². The first-order valence-electron chi connectivity index (χ1n) is 6.50. The van der Waals surface area contributed by atoms with Crippen molar-refractivity contribution in [3.63, 3.8) is 0 Å². The summed E-state index contributed by atoms with van der Waals surface area (Å²) in [4.78, 5) is 11.9. The second kappa shape index (κ2) is 5.81. The van der Waals surface area contributed by atoms with E-state index in [2.05, 4.69) is 31.0 Å². The smallest absolute Gasteiger partial charge is 0.220 e. The number of amides is 1. The Labute approximate surface area is 117 Å². The van der Waals surface area contributed by atoms with Crippen molar-refractivity contribution in [2.75, 3.05) is 0 Å². The number of rotatable bonds is 5. The van der Waals surface area contributed by atoms with Crippen LogP contribution in [0.2, 0.25) is 0 Å². The Bertz CT molecular complexity index is 587. The highest BCUT2D eigenvalue weighted by Crippen LogP contribution is 2.14. The maximum Gasteiger partial charge on any atom is 0.220 e. The van der Waals surface area contributed by atoms with Crippen molar-refractivity contribution in [3.05, 3.63) is 22.8 Å². The minimum Gasteiger partial charge on any atom is -0.346 e. The second-order valence-corrected chi connectivity index (χ2v) is 4.83. The fraction of sp³-hybridized carbons (Fsp3) is 0.583. The minimum atomic E-state index is -0.252. The average molecular weight is 277 g/mol. The number of nitrogens with one attached hydrogen (secondary N) is 2. The van der Waals surface area contributed by atoms with Gasteiger partial charge in [0.05, 0.1) is 11.7 Å². The van der Waals surface area contributed by atoms with Gasteiger partial charge >= 0.3 is 0 Å². The summed E-state index contributed by atoms with van der Waals surface area (Å²) in [6, 6.07) is -0.252. The zero-order valence-corrected chi connectivity index (χ0v) is 12.1. The molecule has 2 rings (SSSR count). The van der Waals surface area contributed by atoms with Crippen LogP contribution in [0, 0.1) is 13.8 Å². The molecule has 1 atom stereocenters. The minimum absolute atomic E-state index is 0.0371. The molecule has 0 bridgehead atoms. The summed E-state index contributed by atoms with van der Waals surface area (Å²) >= 11 is 0. The first-order chi connectivity index (χ1) is 9.49. The quantitative estimate of drug-likeness (QED) is 0.821. The zero-order valence-electron chi connectivity index (χ0n) is 12.1. The molecule has 0 fully saturated rings. The lowest BCUT2D eigenvalue weighted by Gasteiger charge is -2.09. The van der Waals surface area contributed by atoms with E-state index in [0.29, 0.717) is 18.7 Å². The lowest BCUT2D eigenvalue weighted by Crippen LogP contribution is -2.27. The second-order valence-electron chi connectivity index (χ2n) is 4.83. The summed E-state index contributed by atoms with van der Waals surface area (Å²) in [5.74, 6) is 0.442. The van der Waals surface area contributed by atoms with Crippen molar-refractivity contribution in [2.24, 2.45) is 7.05 Å². The molecule has 0 saturated carbocycles. The Morgan fingerprint density at radius 1 is 1.45 bits per heavy atom. The molecule has 0 aromatic carbocycles. The molecular formula is C12H19N7O. The fourth-order valence-corrected chi connectivity index (χ4v) is 2.15. The van der Waals surface area contributed by atoms with Gasteiger partial charge in [-0.3, -0.25) is 9.48 Å². The van der Waals surface area contributed by atoms with E-state index in [-0.39, 0.29) is 11.9 Å². The van der Waals surface area contributed by atoms with Crippen molar-refractivity contribution < 1.29 is 4.79 Å². The number of carbonyl (C=O) groups is 1. The van der Waals surface area contributed by atoms with E-state index >= 15 is 0 Å². The van der Waals surface area contributed by atoms with Gasteiger partial charge in [-0.05, 0) is 32.8 Å². The third kappa shape index (κ3) is 3.01. The molecule has 2 aromatic heterocycles. The van der Waals surface area contributed by atoms with E-state index in [1.807, 2.05) is 32.5 Å². The van der Waals surface area contributed by atoms with Crippen LogP contribution in [-0.4, -0.2) is 36.3 Å². The molecule has 0 aliphatic heterocycles. The number of tetrazole rings is 1. The van der Waals surface area contributed by atoms with Crippen molar-refractivity contribution in [3.8, 4) is 0 Å². The van der Waals surface area contributed by atoms with E-state index in [1.54, 1.807) is 0 Å². The molecule has 20 heavy (non-hydrogen) atoms. The number of aryl methyl sites for hydroxylation is 2. The molecule has 0 aliphatic rings. The maximum absolute atomic E-state index is 11.9. The molecule has 0 aliphatic carbocycles. The van der Waals surface area contributed by atoms with Crippen molar-refractivity contribution in [1.29, 1.82) is 0 Å². The number of hydrogen-bond donors (Lipinski definition) is 2. The number of carbonyl (C=O) groups excluding carboxylic acids is 1. The SMILES string of the molecule is Cc1nn(C)c(C)c1CCC(=O)NC(C)c1nn[nH]n1. The van der Waals surface area contributed by atoms with Crippen LogP contribution in [0.15, 0.2) is 0 Å². The van der Waals surface area contributed by atoms with E-state index in [1.165, 1.54) is 0 Å². The molecule has 0 saturated heterocycles. The van der Waals surface area contributed by atoms with Gasteiger partial charge in [0.2, 0.25) is 5.91 Å². The van der Waals surface area contributed by atoms with Gasteiger partial charge in [0.1, 0.15) is 0 Å². The van der Waals surface area contributed by atoms with Gasteiger partial charge in [0, 0.05) is 19.2 Å². The highest BCUT2D eigenvalue weighted by molar-refractivity contribution is 5.76. The predicted octanol–water partition coefficient (Wildman–Crippen LogP) is 0.360. The van der Waals surface area contributed by atoms with Crippen LogP contribution in [0.1, 0.15) is 42.2 Å². The largest absolute Gasteiger partial charge is 0.346 e. The van der Waals surface area contributed by atoms with Crippen LogP contribution in [0.4, 0.5) is 0 Å². The van der Waals surface area contributed by atoms with E-state index in [0.717, 1.165) is 17.0 Å². The number of aromatic nitrogens is 6. The molecule has 1 unspecified atom stereocenters. The molecule has 8 nitrogen and oxygen atoms in total. The number of H-pyrrole nitrogens is 1. The van der Waals surface area contributed by atoms with Crippen LogP contribution in [0.3, 0.4) is 0 Å². The van der Waals surface area contributed by atoms with E-state index < -0.39 is 0 Å². The predicted molar refractivity (Wildman–Crippen MR) is 71.7 cm³/mol. The fourth-order valence-electron chi connectivity index (χ4n) is 2.15. The summed E-state index contributed by atoms with van der Waals surface area (Å²) in [5, 5.41) is 20.7. The number of hydrogen-bond acceptors (Lipinski definition) is 5. The average Bonchev–Trinajstić information content (AvgIpc) is 2.98. The van der Waals surface area contributed by atoms with Gasteiger partial charge in [0.25, 0.3) is 0 Å². The summed E-state index contributed by atoms with van der Waals surface area (Å²) < 4.78 is 1.84. The van der Waals surface area contributed by atoms with Crippen LogP contribution >= 0.6 is 0 Å². The van der Waals surface area contributed by atoms with Crippen molar-refractivity contribution >= 4 is 5.91 Å². The highest BCUT2D eigenvalue weighted by atomic mass is 16.1. The monoisotopic (exact) mass is 277 g/mol. The van der Waals surface area contributed by atoms with Crippen LogP contribution in [0.25, 0.3) is 0 Å². The van der Waals surface area contributed by atoms with Gasteiger partial charge in [-0.2, -0.15) is 10.3 Å². The Hall–Kier alpha value is -2.25. The molecule has 108 valence electrons. The Morgan fingerprint density at radius 3 is 2.75 bits per heavy atom. The van der Waals surface area contributed by atoms with Gasteiger partial charge in [-0.1, -0.05) is 5.21 Å².